The highest BCUT2D eigenvalue weighted by atomic mass is 19.2. The zero-order chi connectivity index (χ0) is 19.8. The van der Waals surface area contributed by atoms with Crippen molar-refractivity contribution in [2.75, 3.05) is 18.5 Å². The minimum atomic E-state index is -1.14. The van der Waals surface area contributed by atoms with Crippen molar-refractivity contribution in [1.82, 2.24) is 10.2 Å². The van der Waals surface area contributed by atoms with Crippen molar-refractivity contribution in [1.29, 1.82) is 0 Å². The molecule has 3 rings (SSSR count). The van der Waals surface area contributed by atoms with E-state index in [2.05, 4.69) is 10.6 Å². The fourth-order valence-electron chi connectivity index (χ4n) is 2.89. The third kappa shape index (κ3) is 3.88. The number of rotatable bonds is 6. The maximum absolute atomic E-state index is 13.1. The second-order valence-corrected chi connectivity index (χ2v) is 6.64. The number of nitrogens with zero attached hydrogens (tertiary/aromatic N) is 1. The maximum Gasteiger partial charge on any atom is 0.326 e. The van der Waals surface area contributed by atoms with E-state index in [0.29, 0.717) is 0 Å². The molecule has 8 nitrogen and oxygen atoms in total. The predicted molar refractivity (Wildman–Crippen MR) is 87.3 cm³/mol. The van der Waals surface area contributed by atoms with Crippen LogP contribution in [0.3, 0.4) is 0 Å². The van der Waals surface area contributed by atoms with Gasteiger partial charge in [-0.15, -0.1) is 0 Å². The van der Waals surface area contributed by atoms with E-state index in [4.69, 9.17) is 4.74 Å². The van der Waals surface area contributed by atoms with Crippen LogP contribution in [0.2, 0.25) is 0 Å². The van der Waals surface area contributed by atoms with E-state index in [9.17, 15) is 28.0 Å². The third-order valence-electron chi connectivity index (χ3n) is 4.55. The summed E-state index contributed by atoms with van der Waals surface area (Å²) in [6, 6.07) is 2.08. The standard InChI is InChI=1S/C17H17F2N3O5/c1-17(9-2-3-9)15(25)22(16(26)21-17)7-14(24)27-8-13(23)20-10-4-5-11(18)12(19)6-10/h4-6,9H,2-3,7-8H2,1H3,(H,20,23)(H,21,26)/t17-/m0/s1. The van der Waals surface area contributed by atoms with Gasteiger partial charge in [-0.05, 0) is 37.8 Å². The number of carbonyl (C=O) groups excluding carboxylic acids is 4. The molecule has 0 aromatic heterocycles. The Hall–Kier alpha value is -3.04. The number of benzene rings is 1. The van der Waals surface area contributed by atoms with E-state index in [-0.39, 0.29) is 11.6 Å². The van der Waals surface area contributed by atoms with Crippen LogP contribution in [-0.4, -0.2) is 47.4 Å². The summed E-state index contributed by atoms with van der Waals surface area (Å²) in [6.07, 6.45) is 1.65. The van der Waals surface area contributed by atoms with Gasteiger partial charge in [-0.25, -0.2) is 13.6 Å². The van der Waals surface area contributed by atoms with Gasteiger partial charge in [0.2, 0.25) is 0 Å². The highest BCUT2D eigenvalue weighted by Gasteiger charge is 2.56. The van der Waals surface area contributed by atoms with Gasteiger partial charge < -0.3 is 15.4 Å². The molecule has 0 bridgehead atoms. The molecule has 1 aliphatic heterocycles. The van der Waals surface area contributed by atoms with Crippen LogP contribution in [0.5, 0.6) is 0 Å². The lowest BCUT2D eigenvalue weighted by molar-refractivity contribution is -0.150. The molecule has 2 fully saturated rings. The van der Waals surface area contributed by atoms with Crippen LogP contribution in [0.4, 0.5) is 19.3 Å². The van der Waals surface area contributed by atoms with Crippen molar-refractivity contribution in [3.63, 3.8) is 0 Å². The normalized spacial score (nSPS) is 21.8. The van der Waals surface area contributed by atoms with E-state index >= 15 is 0 Å². The first-order valence-corrected chi connectivity index (χ1v) is 8.25. The topological polar surface area (TPSA) is 105 Å². The molecule has 1 aromatic rings. The summed E-state index contributed by atoms with van der Waals surface area (Å²) in [5, 5.41) is 4.82. The highest BCUT2D eigenvalue weighted by Crippen LogP contribution is 2.42. The summed E-state index contributed by atoms with van der Waals surface area (Å²) in [4.78, 5) is 48.7. The molecular weight excluding hydrogens is 364 g/mol. The number of hydrogen-bond donors (Lipinski definition) is 2. The second-order valence-electron chi connectivity index (χ2n) is 6.64. The van der Waals surface area contributed by atoms with Crippen LogP contribution in [0.25, 0.3) is 0 Å². The molecule has 2 N–H and O–H groups in total. The van der Waals surface area contributed by atoms with Crippen LogP contribution < -0.4 is 10.6 Å². The molecule has 1 heterocycles. The summed E-state index contributed by atoms with van der Waals surface area (Å²) in [5.74, 6) is -4.38. The lowest BCUT2D eigenvalue weighted by atomic mass is 9.96. The molecule has 1 saturated heterocycles. The van der Waals surface area contributed by atoms with Crippen LogP contribution in [-0.2, 0) is 19.1 Å². The second kappa shape index (κ2) is 6.93. The van der Waals surface area contributed by atoms with Crippen molar-refractivity contribution < 1.29 is 32.7 Å². The predicted octanol–water partition coefficient (Wildman–Crippen LogP) is 1.17. The Morgan fingerprint density at radius 2 is 2.00 bits per heavy atom. The number of urea groups is 1. The van der Waals surface area contributed by atoms with Crippen molar-refractivity contribution in [3.05, 3.63) is 29.8 Å². The first-order chi connectivity index (χ1) is 12.7. The lowest BCUT2D eigenvalue weighted by Gasteiger charge is -2.20. The average molecular weight is 381 g/mol. The molecule has 10 heteroatoms. The molecule has 2 aliphatic rings. The number of amides is 4. The van der Waals surface area contributed by atoms with E-state index in [1.54, 1.807) is 6.92 Å². The monoisotopic (exact) mass is 381 g/mol. The number of hydrogen-bond acceptors (Lipinski definition) is 5. The maximum atomic E-state index is 13.1. The lowest BCUT2D eigenvalue weighted by Crippen LogP contribution is -2.46. The quantitative estimate of drug-likeness (QED) is 0.569. The van der Waals surface area contributed by atoms with Gasteiger partial charge >= 0.3 is 12.0 Å². The molecule has 1 saturated carbocycles. The number of esters is 1. The number of carbonyl (C=O) groups is 4. The Morgan fingerprint density at radius 3 is 2.63 bits per heavy atom. The largest absolute Gasteiger partial charge is 0.454 e. The average Bonchev–Trinajstić information content (AvgIpc) is 3.43. The van der Waals surface area contributed by atoms with Crippen LogP contribution >= 0.6 is 0 Å². The van der Waals surface area contributed by atoms with Gasteiger partial charge in [-0.1, -0.05) is 0 Å². The van der Waals surface area contributed by atoms with Crippen LogP contribution in [0.1, 0.15) is 19.8 Å². The van der Waals surface area contributed by atoms with E-state index in [1.807, 2.05) is 0 Å². The minimum Gasteiger partial charge on any atom is -0.454 e. The van der Waals surface area contributed by atoms with Gasteiger partial charge in [-0.2, -0.15) is 0 Å². The third-order valence-corrected chi connectivity index (χ3v) is 4.55. The first kappa shape index (κ1) is 18.7. The highest BCUT2D eigenvalue weighted by molar-refractivity contribution is 6.09. The van der Waals surface area contributed by atoms with E-state index < -0.39 is 54.1 Å². The zero-order valence-electron chi connectivity index (χ0n) is 14.4. The van der Waals surface area contributed by atoms with Crippen LogP contribution in [0.15, 0.2) is 18.2 Å². The van der Waals surface area contributed by atoms with Crippen molar-refractivity contribution >= 4 is 29.5 Å². The smallest absolute Gasteiger partial charge is 0.326 e. The van der Waals surface area contributed by atoms with E-state index in [0.717, 1.165) is 35.9 Å². The molecule has 4 amide bonds. The van der Waals surface area contributed by atoms with Crippen molar-refractivity contribution in [2.24, 2.45) is 5.92 Å². The fraction of sp³-hybridized carbons (Fsp3) is 0.412. The summed E-state index contributed by atoms with van der Waals surface area (Å²) in [7, 11) is 0. The van der Waals surface area contributed by atoms with Gasteiger partial charge in [0.1, 0.15) is 12.1 Å². The Kier molecular flexibility index (Phi) is 4.81. The van der Waals surface area contributed by atoms with Crippen LogP contribution in [0, 0.1) is 17.6 Å². The summed E-state index contributed by atoms with van der Waals surface area (Å²) in [6.45, 7) is 0.290. The van der Waals surface area contributed by atoms with Crippen molar-refractivity contribution in [2.45, 2.75) is 25.3 Å². The summed E-state index contributed by atoms with van der Waals surface area (Å²) < 4.78 is 30.7. The molecule has 1 aromatic carbocycles. The Balaban J connectivity index is 1.49. The van der Waals surface area contributed by atoms with Gasteiger partial charge in [0.15, 0.2) is 18.2 Å². The van der Waals surface area contributed by atoms with Gasteiger partial charge in [-0.3, -0.25) is 19.3 Å². The Labute approximate surface area is 152 Å². The number of halogens is 2. The molecular formula is C17H17F2N3O5. The fourth-order valence-corrected chi connectivity index (χ4v) is 2.89. The number of ether oxygens (including phenoxy) is 1. The molecule has 1 aliphatic carbocycles. The van der Waals surface area contributed by atoms with E-state index in [1.165, 1.54) is 0 Å². The molecule has 144 valence electrons. The molecule has 27 heavy (non-hydrogen) atoms. The van der Waals surface area contributed by atoms with Gasteiger partial charge in [0.05, 0.1) is 0 Å². The first-order valence-electron chi connectivity index (χ1n) is 8.25. The molecule has 1 atom stereocenters. The Bertz CT molecular complexity index is 827. The Morgan fingerprint density at radius 1 is 1.30 bits per heavy atom. The summed E-state index contributed by atoms with van der Waals surface area (Å²) >= 11 is 0. The summed E-state index contributed by atoms with van der Waals surface area (Å²) in [5.41, 5.74) is -1.02. The molecule has 0 unspecified atom stereocenters. The number of nitrogens with one attached hydrogen (secondary N) is 2. The minimum absolute atomic E-state index is 0.00996. The number of imide groups is 1. The number of anilines is 1. The van der Waals surface area contributed by atoms with Crippen molar-refractivity contribution in [3.8, 4) is 0 Å². The molecule has 0 radical (unpaired) electrons. The SMILES string of the molecule is C[C@@]1(C2CC2)NC(=O)N(CC(=O)OCC(=O)Nc2ccc(F)c(F)c2)C1=O. The van der Waals surface area contributed by atoms with Gasteiger partial charge in [0, 0.05) is 11.8 Å². The van der Waals surface area contributed by atoms with Gasteiger partial charge in [0.25, 0.3) is 11.8 Å². The molecule has 0 spiro atoms. The zero-order valence-corrected chi connectivity index (χ0v) is 14.4.